The van der Waals surface area contributed by atoms with E-state index in [0.717, 1.165) is 16.9 Å². The van der Waals surface area contributed by atoms with Crippen molar-refractivity contribution in [2.24, 2.45) is 0 Å². The molecule has 1 aromatic carbocycles. The maximum Gasteiger partial charge on any atom is 0.367 e. The van der Waals surface area contributed by atoms with E-state index in [2.05, 4.69) is 4.98 Å². The molecular weight excluding hydrogens is 318 g/mol. The summed E-state index contributed by atoms with van der Waals surface area (Å²) in [6, 6.07) is 7.03. The third kappa shape index (κ3) is 4.87. The number of esters is 2. The molecule has 23 heavy (non-hydrogen) atoms. The number of benzene rings is 1. The first-order chi connectivity index (χ1) is 11.1. The van der Waals surface area contributed by atoms with Gasteiger partial charge < -0.3 is 14.2 Å². The van der Waals surface area contributed by atoms with Crippen LogP contribution < -0.4 is 0 Å². The molecule has 1 aromatic heterocycles. The normalized spacial score (nSPS) is 10.3. The number of carbonyl (C=O) groups is 2. The molecule has 0 saturated carbocycles. The van der Waals surface area contributed by atoms with Crippen LogP contribution in [0.3, 0.4) is 0 Å². The summed E-state index contributed by atoms with van der Waals surface area (Å²) in [7, 11) is 1.59. The second kappa shape index (κ2) is 8.40. The lowest BCUT2D eigenvalue weighted by molar-refractivity contribution is 0.0468. The molecular formula is C16H17NO5S. The monoisotopic (exact) mass is 335 g/mol. The average Bonchev–Trinajstić information content (AvgIpc) is 3.02. The average molecular weight is 335 g/mol. The van der Waals surface area contributed by atoms with Gasteiger partial charge in [-0.1, -0.05) is 12.1 Å². The third-order valence-electron chi connectivity index (χ3n) is 2.83. The first-order valence-corrected chi connectivity index (χ1v) is 7.88. The van der Waals surface area contributed by atoms with E-state index in [1.165, 1.54) is 0 Å². The maximum atomic E-state index is 12.0. The first-order valence-electron chi connectivity index (χ1n) is 7.00. The molecule has 0 aliphatic carbocycles. The molecule has 0 radical (unpaired) electrons. The van der Waals surface area contributed by atoms with Crippen molar-refractivity contribution in [3.8, 4) is 0 Å². The van der Waals surface area contributed by atoms with Gasteiger partial charge in [-0.3, -0.25) is 0 Å². The van der Waals surface area contributed by atoms with Crippen molar-refractivity contribution in [2.75, 3.05) is 13.7 Å². The van der Waals surface area contributed by atoms with Gasteiger partial charge in [-0.15, -0.1) is 11.3 Å². The van der Waals surface area contributed by atoms with Gasteiger partial charge in [0.25, 0.3) is 0 Å². The van der Waals surface area contributed by atoms with E-state index in [4.69, 9.17) is 14.2 Å². The number of hydrogen-bond donors (Lipinski definition) is 0. The van der Waals surface area contributed by atoms with Crippen molar-refractivity contribution in [1.82, 2.24) is 4.98 Å². The van der Waals surface area contributed by atoms with E-state index in [1.807, 2.05) is 6.07 Å². The van der Waals surface area contributed by atoms with Crippen LogP contribution in [0.4, 0.5) is 0 Å². The molecule has 0 saturated heterocycles. The van der Waals surface area contributed by atoms with Gasteiger partial charge in [0.2, 0.25) is 5.01 Å². The molecule has 0 amide bonds. The highest BCUT2D eigenvalue weighted by Crippen LogP contribution is 2.14. The predicted molar refractivity (Wildman–Crippen MR) is 84.3 cm³/mol. The Morgan fingerprint density at radius 3 is 2.74 bits per heavy atom. The van der Waals surface area contributed by atoms with E-state index >= 15 is 0 Å². The topological polar surface area (TPSA) is 74.7 Å². The summed E-state index contributed by atoms with van der Waals surface area (Å²) in [5, 5.41) is 1.92. The van der Waals surface area contributed by atoms with Crippen molar-refractivity contribution < 1.29 is 23.8 Å². The van der Waals surface area contributed by atoms with Gasteiger partial charge in [0, 0.05) is 12.5 Å². The molecule has 122 valence electrons. The fourth-order valence-corrected chi connectivity index (χ4v) is 2.53. The van der Waals surface area contributed by atoms with Crippen molar-refractivity contribution in [3.05, 3.63) is 51.5 Å². The number of nitrogens with zero attached hydrogens (tertiary/aromatic N) is 1. The Labute approximate surface area is 138 Å². The molecule has 0 spiro atoms. The Bertz CT molecular complexity index is 683. The van der Waals surface area contributed by atoms with Gasteiger partial charge in [0.15, 0.2) is 0 Å². The zero-order chi connectivity index (χ0) is 16.7. The quantitative estimate of drug-likeness (QED) is 0.724. The van der Waals surface area contributed by atoms with Crippen LogP contribution in [0.1, 0.15) is 38.3 Å². The Morgan fingerprint density at radius 2 is 2.00 bits per heavy atom. The highest BCUT2D eigenvalue weighted by atomic mass is 32.1. The molecule has 2 rings (SSSR count). The minimum Gasteiger partial charge on any atom is -0.461 e. The van der Waals surface area contributed by atoms with Gasteiger partial charge in [-0.2, -0.15) is 0 Å². The van der Waals surface area contributed by atoms with Gasteiger partial charge in [0.05, 0.1) is 24.5 Å². The molecule has 0 aliphatic heterocycles. The molecule has 0 unspecified atom stereocenters. The zero-order valence-corrected chi connectivity index (χ0v) is 13.7. The summed E-state index contributed by atoms with van der Waals surface area (Å²) in [5.74, 6) is -0.920. The van der Waals surface area contributed by atoms with Crippen LogP contribution in [0.2, 0.25) is 0 Å². The van der Waals surface area contributed by atoms with Crippen LogP contribution in [-0.4, -0.2) is 30.6 Å². The van der Waals surface area contributed by atoms with Crippen molar-refractivity contribution >= 4 is 23.3 Å². The lowest BCUT2D eigenvalue weighted by atomic mass is 10.1. The van der Waals surface area contributed by atoms with Gasteiger partial charge >= 0.3 is 11.9 Å². The molecule has 7 heteroatoms. The first kappa shape index (κ1) is 17.1. The standard InChI is InChI=1S/C16H17NO5S/c1-3-21-16(19)14-17-13(10-23-14)9-22-15(18)12-6-4-5-11(7-12)8-20-2/h4-7,10H,3,8-9H2,1-2H3. The largest absolute Gasteiger partial charge is 0.461 e. The van der Waals surface area contributed by atoms with E-state index in [0.29, 0.717) is 24.5 Å². The van der Waals surface area contributed by atoms with Crippen molar-refractivity contribution in [3.63, 3.8) is 0 Å². The summed E-state index contributed by atoms with van der Waals surface area (Å²) >= 11 is 1.16. The second-order valence-corrected chi connectivity index (χ2v) is 5.43. The van der Waals surface area contributed by atoms with E-state index in [9.17, 15) is 9.59 Å². The molecule has 0 atom stereocenters. The summed E-state index contributed by atoms with van der Waals surface area (Å²) in [6.45, 7) is 2.45. The molecule has 0 N–H and O–H groups in total. The maximum absolute atomic E-state index is 12.0. The fourth-order valence-electron chi connectivity index (χ4n) is 1.84. The number of ether oxygens (including phenoxy) is 3. The summed E-state index contributed by atoms with van der Waals surface area (Å²) in [6.07, 6.45) is 0. The number of thiazole rings is 1. The minimum atomic E-state index is -0.470. The van der Waals surface area contributed by atoms with Crippen molar-refractivity contribution in [2.45, 2.75) is 20.1 Å². The van der Waals surface area contributed by atoms with Gasteiger partial charge in [-0.25, -0.2) is 14.6 Å². The SMILES string of the molecule is CCOC(=O)c1nc(COC(=O)c2cccc(COC)c2)cs1. The minimum absolute atomic E-state index is 0.00322. The van der Waals surface area contributed by atoms with Crippen LogP contribution in [0.25, 0.3) is 0 Å². The van der Waals surface area contributed by atoms with Crippen LogP contribution in [-0.2, 0) is 27.4 Å². The van der Waals surface area contributed by atoms with E-state index in [-0.39, 0.29) is 11.6 Å². The molecule has 0 bridgehead atoms. The third-order valence-corrected chi connectivity index (χ3v) is 3.70. The van der Waals surface area contributed by atoms with Crippen molar-refractivity contribution in [1.29, 1.82) is 0 Å². The highest BCUT2D eigenvalue weighted by molar-refractivity contribution is 7.11. The Kier molecular flexibility index (Phi) is 6.25. The lowest BCUT2D eigenvalue weighted by Gasteiger charge is -2.05. The second-order valence-electron chi connectivity index (χ2n) is 4.57. The summed E-state index contributed by atoms with van der Waals surface area (Å²) in [5.41, 5.74) is 1.85. The van der Waals surface area contributed by atoms with Crippen LogP contribution in [0, 0.1) is 0 Å². The predicted octanol–water partition coefficient (Wildman–Crippen LogP) is 2.82. The Balaban J connectivity index is 1.94. The number of methoxy groups -OCH3 is 1. The Hall–Kier alpha value is -2.25. The zero-order valence-electron chi connectivity index (χ0n) is 12.9. The van der Waals surface area contributed by atoms with E-state index in [1.54, 1.807) is 37.6 Å². The van der Waals surface area contributed by atoms with Crippen LogP contribution in [0.15, 0.2) is 29.6 Å². The highest BCUT2D eigenvalue weighted by Gasteiger charge is 2.14. The molecule has 6 nitrogen and oxygen atoms in total. The number of carbonyl (C=O) groups excluding carboxylic acids is 2. The molecule has 0 fully saturated rings. The number of hydrogen-bond acceptors (Lipinski definition) is 7. The van der Waals surface area contributed by atoms with Gasteiger partial charge in [0.1, 0.15) is 6.61 Å². The molecule has 2 aromatic rings. The summed E-state index contributed by atoms with van der Waals surface area (Å²) < 4.78 is 15.1. The summed E-state index contributed by atoms with van der Waals surface area (Å²) in [4.78, 5) is 27.6. The van der Waals surface area contributed by atoms with Crippen LogP contribution >= 0.6 is 11.3 Å². The van der Waals surface area contributed by atoms with E-state index < -0.39 is 11.9 Å². The molecule has 0 aliphatic rings. The Morgan fingerprint density at radius 1 is 1.17 bits per heavy atom. The number of aromatic nitrogens is 1. The lowest BCUT2D eigenvalue weighted by Crippen LogP contribution is -2.07. The number of rotatable bonds is 7. The molecule has 1 heterocycles. The fraction of sp³-hybridized carbons (Fsp3) is 0.312. The smallest absolute Gasteiger partial charge is 0.367 e. The van der Waals surface area contributed by atoms with Crippen LogP contribution in [0.5, 0.6) is 0 Å². The van der Waals surface area contributed by atoms with Gasteiger partial charge in [-0.05, 0) is 24.6 Å².